The quantitative estimate of drug-likeness (QED) is 0.695. The van der Waals surface area contributed by atoms with Crippen LogP contribution in [0.1, 0.15) is 17.0 Å². The molecule has 1 N–H and O–H groups in total. The lowest BCUT2D eigenvalue weighted by Crippen LogP contribution is -2.27. The lowest BCUT2D eigenvalue weighted by molar-refractivity contribution is -0.120. The Morgan fingerprint density at radius 2 is 2.22 bits per heavy atom. The highest BCUT2D eigenvalue weighted by atomic mass is 35.5. The molecule has 1 aliphatic rings. The molecule has 0 saturated heterocycles. The van der Waals surface area contributed by atoms with Gasteiger partial charge in [-0.3, -0.25) is 9.78 Å². The largest absolute Gasteiger partial charge is 0.495 e. The molecule has 0 bridgehead atoms. The molecule has 1 aliphatic carbocycles. The van der Waals surface area contributed by atoms with Crippen LogP contribution in [-0.2, 0) is 17.6 Å². The van der Waals surface area contributed by atoms with E-state index in [2.05, 4.69) is 10.3 Å². The minimum absolute atomic E-state index is 0.0194. The van der Waals surface area contributed by atoms with Gasteiger partial charge in [-0.2, -0.15) is 0 Å². The van der Waals surface area contributed by atoms with Crippen molar-refractivity contribution in [3.05, 3.63) is 58.2 Å². The molecule has 138 valence electrons. The first-order chi connectivity index (χ1) is 13.1. The number of nitrogens with one attached hydrogen (secondary N) is 1. The summed E-state index contributed by atoms with van der Waals surface area (Å²) in [5, 5.41) is 4.43. The van der Waals surface area contributed by atoms with E-state index < -0.39 is 0 Å². The molecule has 0 radical (unpaired) electrons. The minimum atomic E-state index is -0.0989. The fraction of sp³-hybridized carbons (Fsp3) is 0.250. The molecule has 2 aromatic heterocycles. The topological polar surface area (TPSA) is 64.1 Å². The van der Waals surface area contributed by atoms with E-state index in [0.717, 1.165) is 29.2 Å². The maximum atomic E-state index is 12.8. The van der Waals surface area contributed by atoms with E-state index in [-0.39, 0.29) is 11.8 Å². The van der Waals surface area contributed by atoms with Gasteiger partial charge >= 0.3 is 0 Å². The molecule has 3 aromatic rings. The Kier molecular flexibility index (Phi) is 5.09. The van der Waals surface area contributed by atoms with Gasteiger partial charge in [-0.05, 0) is 49.6 Å². The van der Waals surface area contributed by atoms with Crippen molar-refractivity contribution < 1.29 is 9.53 Å². The standard InChI is InChI=1S/C20H18ClN3O2S/c1-26-17-8-6-13(21)11-16(17)23-19(25)12-5-7-14-18(10-12)27-20(24-14)15-4-2-3-9-22-15/h2-4,6,8-9,11-12H,5,7,10H2,1H3,(H,23,25). The lowest BCUT2D eigenvalue weighted by atomic mass is 9.90. The van der Waals surface area contributed by atoms with Gasteiger partial charge in [-0.25, -0.2) is 4.98 Å². The number of nitrogens with zero attached hydrogens (tertiary/aromatic N) is 2. The molecule has 0 fully saturated rings. The van der Waals surface area contributed by atoms with Gasteiger partial charge in [0, 0.05) is 22.0 Å². The van der Waals surface area contributed by atoms with Crippen LogP contribution in [0.15, 0.2) is 42.6 Å². The van der Waals surface area contributed by atoms with Crippen LogP contribution in [-0.4, -0.2) is 23.0 Å². The molecule has 1 unspecified atom stereocenters. The summed E-state index contributed by atoms with van der Waals surface area (Å²) in [5.41, 5.74) is 2.56. The van der Waals surface area contributed by atoms with Gasteiger partial charge < -0.3 is 10.1 Å². The molecule has 0 aliphatic heterocycles. The van der Waals surface area contributed by atoms with E-state index in [0.29, 0.717) is 22.9 Å². The molecule has 2 heterocycles. The number of thiazole rings is 1. The highest BCUT2D eigenvalue weighted by Crippen LogP contribution is 2.35. The van der Waals surface area contributed by atoms with Gasteiger partial charge in [0.1, 0.15) is 10.8 Å². The van der Waals surface area contributed by atoms with Gasteiger partial charge in [0.15, 0.2) is 0 Å². The van der Waals surface area contributed by atoms with Crippen molar-refractivity contribution in [2.75, 3.05) is 12.4 Å². The number of rotatable bonds is 4. The summed E-state index contributed by atoms with van der Waals surface area (Å²) < 4.78 is 5.31. The SMILES string of the molecule is COc1ccc(Cl)cc1NC(=O)C1CCc2nc(-c3ccccn3)sc2C1. The van der Waals surface area contributed by atoms with Crippen LogP contribution in [0.4, 0.5) is 5.69 Å². The second-order valence-corrected chi connectivity index (χ2v) is 7.90. The molecule has 1 atom stereocenters. The van der Waals surface area contributed by atoms with Gasteiger partial charge in [0.05, 0.1) is 24.2 Å². The van der Waals surface area contributed by atoms with Crippen molar-refractivity contribution in [1.82, 2.24) is 9.97 Å². The summed E-state index contributed by atoms with van der Waals surface area (Å²) in [6.07, 6.45) is 4.02. The number of anilines is 1. The number of aromatic nitrogens is 2. The second-order valence-electron chi connectivity index (χ2n) is 6.38. The third-order valence-electron chi connectivity index (χ3n) is 4.61. The van der Waals surface area contributed by atoms with E-state index in [1.54, 1.807) is 42.8 Å². The van der Waals surface area contributed by atoms with E-state index in [9.17, 15) is 4.79 Å². The Bertz CT molecular complexity index is 975. The average Bonchev–Trinajstić information content (AvgIpc) is 3.12. The number of hydrogen-bond donors (Lipinski definition) is 1. The first-order valence-electron chi connectivity index (χ1n) is 8.68. The smallest absolute Gasteiger partial charge is 0.227 e. The zero-order chi connectivity index (χ0) is 18.8. The van der Waals surface area contributed by atoms with Crippen LogP contribution in [0.2, 0.25) is 5.02 Å². The van der Waals surface area contributed by atoms with E-state index in [1.807, 2.05) is 18.2 Å². The zero-order valence-corrected chi connectivity index (χ0v) is 16.3. The van der Waals surface area contributed by atoms with Crippen molar-refractivity contribution in [1.29, 1.82) is 0 Å². The average molecular weight is 400 g/mol. The molecule has 0 saturated carbocycles. The lowest BCUT2D eigenvalue weighted by Gasteiger charge is -2.21. The number of halogens is 1. The summed E-state index contributed by atoms with van der Waals surface area (Å²) in [6, 6.07) is 11.0. The zero-order valence-electron chi connectivity index (χ0n) is 14.7. The first kappa shape index (κ1) is 17.9. The molecule has 4 rings (SSSR count). The van der Waals surface area contributed by atoms with E-state index in [4.69, 9.17) is 21.3 Å². The molecule has 7 heteroatoms. The van der Waals surface area contributed by atoms with Gasteiger partial charge in [-0.1, -0.05) is 17.7 Å². The number of amides is 1. The number of hydrogen-bond acceptors (Lipinski definition) is 5. The number of benzene rings is 1. The summed E-state index contributed by atoms with van der Waals surface area (Å²) in [4.78, 5) is 23.1. The highest BCUT2D eigenvalue weighted by molar-refractivity contribution is 7.15. The van der Waals surface area contributed by atoms with E-state index in [1.165, 1.54) is 4.88 Å². The van der Waals surface area contributed by atoms with Gasteiger partial charge in [0.25, 0.3) is 0 Å². The second kappa shape index (κ2) is 7.66. The number of carbonyl (C=O) groups excluding carboxylic acids is 1. The maximum Gasteiger partial charge on any atom is 0.227 e. The van der Waals surface area contributed by atoms with Gasteiger partial charge in [0.2, 0.25) is 5.91 Å². The Balaban J connectivity index is 1.50. The molecule has 1 amide bonds. The monoisotopic (exact) mass is 399 g/mol. The Hall–Kier alpha value is -2.44. The molecular weight excluding hydrogens is 382 g/mol. The number of methoxy groups -OCH3 is 1. The van der Waals surface area contributed by atoms with Gasteiger partial charge in [-0.15, -0.1) is 11.3 Å². The van der Waals surface area contributed by atoms with Crippen molar-refractivity contribution >= 4 is 34.5 Å². The van der Waals surface area contributed by atoms with Crippen molar-refractivity contribution in [3.8, 4) is 16.5 Å². The fourth-order valence-corrected chi connectivity index (χ4v) is 4.55. The normalized spacial score (nSPS) is 15.9. The number of carbonyl (C=O) groups is 1. The predicted octanol–water partition coefficient (Wildman–Crippen LogP) is 4.61. The van der Waals surface area contributed by atoms with Crippen LogP contribution < -0.4 is 10.1 Å². The van der Waals surface area contributed by atoms with Crippen LogP contribution in [0.25, 0.3) is 10.7 Å². The van der Waals surface area contributed by atoms with Crippen LogP contribution in [0.3, 0.4) is 0 Å². The van der Waals surface area contributed by atoms with E-state index >= 15 is 0 Å². The Morgan fingerprint density at radius 3 is 3.00 bits per heavy atom. The molecular formula is C20H18ClN3O2S. The molecule has 27 heavy (non-hydrogen) atoms. The van der Waals surface area contributed by atoms with Crippen LogP contribution in [0.5, 0.6) is 5.75 Å². The van der Waals surface area contributed by atoms with Crippen molar-refractivity contribution in [3.63, 3.8) is 0 Å². The summed E-state index contributed by atoms with van der Waals surface area (Å²) in [6.45, 7) is 0. The third kappa shape index (κ3) is 3.82. The molecule has 5 nitrogen and oxygen atoms in total. The predicted molar refractivity (Wildman–Crippen MR) is 107 cm³/mol. The minimum Gasteiger partial charge on any atom is -0.495 e. The Labute approximate surface area is 166 Å². The molecule has 0 spiro atoms. The third-order valence-corrected chi connectivity index (χ3v) is 5.99. The number of aryl methyl sites for hydroxylation is 1. The maximum absolute atomic E-state index is 12.8. The Morgan fingerprint density at radius 1 is 1.33 bits per heavy atom. The summed E-state index contributed by atoms with van der Waals surface area (Å²) >= 11 is 7.68. The summed E-state index contributed by atoms with van der Waals surface area (Å²) in [7, 11) is 1.57. The first-order valence-corrected chi connectivity index (χ1v) is 9.88. The van der Waals surface area contributed by atoms with Crippen molar-refractivity contribution in [2.24, 2.45) is 5.92 Å². The van der Waals surface area contributed by atoms with Crippen molar-refractivity contribution in [2.45, 2.75) is 19.3 Å². The summed E-state index contributed by atoms with van der Waals surface area (Å²) in [5.74, 6) is 0.478. The highest BCUT2D eigenvalue weighted by Gasteiger charge is 2.28. The number of ether oxygens (including phenoxy) is 1. The van der Waals surface area contributed by atoms with Crippen LogP contribution in [0, 0.1) is 5.92 Å². The number of fused-ring (bicyclic) bond motifs is 1. The van der Waals surface area contributed by atoms with Crippen LogP contribution >= 0.6 is 22.9 Å². The fourth-order valence-electron chi connectivity index (χ4n) is 3.21. The molecule has 1 aromatic carbocycles. The number of pyridine rings is 1.